The number of unbranched alkanes of at least 4 members (excludes halogenated alkanes) is 3. The summed E-state index contributed by atoms with van der Waals surface area (Å²) in [6.07, 6.45) is 7.32. The molecule has 0 amide bonds. The highest BCUT2D eigenvalue weighted by molar-refractivity contribution is 7.12. The molecular weight excluding hydrogens is 312 g/mol. The molecule has 2 aromatic carbocycles. The average molecular weight is 337 g/mol. The molecule has 3 rings (SSSR count). The van der Waals surface area contributed by atoms with Gasteiger partial charge in [-0.05, 0) is 24.1 Å². The predicted octanol–water partition coefficient (Wildman–Crippen LogP) is 6.03. The predicted molar refractivity (Wildman–Crippen MR) is 104 cm³/mol. The van der Waals surface area contributed by atoms with Crippen molar-refractivity contribution < 1.29 is 0 Å². The lowest BCUT2D eigenvalue weighted by Crippen LogP contribution is -2.13. The second-order valence-corrected chi connectivity index (χ2v) is 6.95. The molecule has 0 bridgehead atoms. The number of aryl methyl sites for hydroxylation is 1. The Morgan fingerprint density at radius 1 is 0.875 bits per heavy atom. The highest BCUT2D eigenvalue weighted by Gasteiger charge is 2.05. The lowest BCUT2D eigenvalue weighted by molar-refractivity contribution is 0.574. The van der Waals surface area contributed by atoms with Crippen LogP contribution in [0.15, 0.2) is 71.9 Å². The Bertz CT molecular complexity index is 801. The van der Waals surface area contributed by atoms with E-state index in [1.807, 2.05) is 18.2 Å². The minimum atomic E-state index is 1.02. The molecule has 24 heavy (non-hydrogen) atoms. The van der Waals surface area contributed by atoms with Gasteiger partial charge in [-0.15, -0.1) is 0 Å². The molecular formula is C21H24N2S. The highest BCUT2D eigenvalue weighted by atomic mass is 32.1. The van der Waals surface area contributed by atoms with Crippen LogP contribution in [0, 0.1) is 0 Å². The summed E-state index contributed by atoms with van der Waals surface area (Å²) in [5.74, 6) is 0. The van der Waals surface area contributed by atoms with Crippen LogP contribution in [-0.2, 0) is 6.54 Å². The smallest absolute Gasteiger partial charge is 0.190 e. The Balaban J connectivity index is 1.92. The molecule has 0 aliphatic rings. The van der Waals surface area contributed by atoms with E-state index in [-0.39, 0.29) is 0 Å². The van der Waals surface area contributed by atoms with Gasteiger partial charge in [0.15, 0.2) is 4.80 Å². The number of benzene rings is 2. The number of nitrogens with zero attached hydrogens (tertiary/aromatic N) is 2. The summed E-state index contributed by atoms with van der Waals surface area (Å²) in [6.45, 7) is 3.29. The van der Waals surface area contributed by atoms with Crippen LogP contribution < -0.4 is 4.80 Å². The second kappa shape index (κ2) is 8.65. The van der Waals surface area contributed by atoms with E-state index in [0.29, 0.717) is 0 Å². The largest absolute Gasteiger partial charge is 0.323 e. The maximum Gasteiger partial charge on any atom is 0.190 e. The minimum Gasteiger partial charge on any atom is -0.323 e. The van der Waals surface area contributed by atoms with E-state index in [4.69, 9.17) is 4.99 Å². The first-order chi connectivity index (χ1) is 11.9. The summed E-state index contributed by atoms with van der Waals surface area (Å²) >= 11 is 1.77. The Morgan fingerprint density at radius 3 is 2.29 bits per heavy atom. The first-order valence-corrected chi connectivity index (χ1v) is 9.54. The van der Waals surface area contributed by atoms with Crippen LogP contribution >= 0.6 is 11.3 Å². The third-order valence-corrected chi connectivity index (χ3v) is 5.08. The van der Waals surface area contributed by atoms with Gasteiger partial charge in [0.25, 0.3) is 0 Å². The van der Waals surface area contributed by atoms with E-state index in [9.17, 15) is 0 Å². The van der Waals surface area contributed by atoms with Gasteiger partial charge in [-0.1, -0.05) is 86.1 Å². The number of hydrogen-bond donors (Lipinski definition) is 0. The third kappa shape index (κ3) is 4.45. The molecule has 0 saturated carbocycles. The first-order valence-electron chi connectivity index (χ1n) is 8.72. The zero-order chi connectivity index (χ0) is 16.6. The molecule has 3 heteroatoms. The van der Waals surface area contributed by atoms with Gasteiger partial charge in [0, 0.05) is 12.7 Å². The Morgan fingerprint density at radius 2 is 1.58 bits per heavy atom. The van der Waals surface area contributed by atoms with Gasteiger partial charge in [-0.2, -0.15) is 0 Å². The minimum absolute atomic E-state index is 1.02. The number of aromatic nitrogens is 1. The number of rotatable bonds is 7. The average Bonchev–Trinajstić information content (AvgIpc) is 3.03. The van der Waals surface area contributed by atoms with Gasteiger partial charge < -0.3 is 4.57 Å². The molecule has 0 N–H and O–H groups in total. The van der Waals surface area contributed by atoms with Gasteiger partial charge >= 0.3 is 0 Å². The second-order valence-electron chi connectivity index (χ2n) is 5.95. The van der Waals surface area contributed by atoms with Crippen molar-refractivity contribution in [2.75, 3.05) is 0 Å². The summed E-state index contributed by atoms with van der Waals surface area (Å²) in [5, 5.41) is 0. The summed E-state index contributed by atoms with van der Waals surface area (Å²) in [4.78, 5) is 7.23. The molecule has 0 radical (unpaired) electrons. The van der Waals surface area contributed by atoms with Crippen molar-refractivity contribution in [3.8, 4) is 10.4 Å². The lowest BCUT2D eigenvalue weighted by atomic mass is 10.2. The van der Waals surface area contributed by atoms with Crippen LogP contribution in [0.2, 0.25) is 0 Å². The molecule has 0 fully saturated rings. The van der Waals surface area contributed by atoms with Gasteiger partial charge in [0.1, 0.15) is 0 Å². The van der Waals surface area contributed by atoms with Gasteiger partial charge in [-0.25, -0.2) is 4.99 Å². The summed E-state index contributed by atoms with van der Waals surface area (Å²) in [5.41, 5.74) is 2.28. The van der Waals surface area contributed by atoms with E-state index in [1.165, 1.54) is 36.1 Å². The molecule has 1 heterocycles. The molecule has 124 valence electrons. The Hall–Kier alpha value is -2.13. The number of thiazole rings is 1. The summed E-state index contributed by atoms with van der Waals surface area (Å²) in [6, 6.07) is 20.8. The van der Waals surface area contributed by atoms with E-state index in [2.05, 4.69) is 60.2 Å². The van der Waals surface area contributed by atoms with Crippen molar-refractivity contribution in [3.63, 3.8) is 0 Å². The van der Waals surface area contributed by atoms with Crippen LogP contribution in [-0.4, -0.2) is 4.57 Å². The van der Waals surface area contributed by atoms with Crippen LogP contribution in [0.1, 0.15) is 32.6 Å². The fourth-order valence-electron chi connectivity index (χ4n) is 2.69. The summed E-state index contributed by atoms with van der Waals surface area (Å²) < 4.78 is 2.32. The number of hydrogen-bond acceptors (Lipinski definition) is 2. The van der Waals surface area contributed by atoms with Crippen LogP contribution in [0.3, 0.4) is 0 Å². The normalized spacial score (nSPS) is 11.8. The standard InChI is InChI=1S/C21H24N2S/c1-2-3-4-11-16-23-17-20(18-12-7-5-8-13-18)24-21(23)22-19-14-9-6-10-15-19/h5-10,12-15,17H,2-4,11,16H2,1H3. The third-order valence-electron chi connectivity index (χ3n) is 4.01. The van der Waals surface area contributed by atoms with Crippen LogP contribution in [0.5, 0.6) is 0 Å². The molecule has 2 nitrogen and oxygen atoms in total. The van der Waals surface area contributed by atoms with E-state index >= 15 is 0 Å². The van der Waals surface area contributed by atoms with Gasteiger partial charge in [0.2, 0.25) is 0 Å². The zero-order valence-corrected chi connectivity index (χ0v) is 15.0. The van der Waals surface area contributed by atoms with Crippen molar-refractivity contribution in [3.05, 3.63) is 71.7 Å². The molecule has 0 saturated heterocycles. The zero-order valence-electron chi connectivity index (χ0n) is 14.2. The van der Waals surface area contributed by atoms with Crippen molar-refractivity contribution in [2.24, 2.45) is 4.99 Å². The lowest BCUT2D eigenvalue weighted by Gasteiger charge is -2.02. The van der Waals surface area contributed by atoms with Crippen molar-refractivity contribution in [1.82, 2.24) is 4.57 Å². The molecule has 0 aliphatic carbocycles. The Kier molecular flexibility index (Phi) is 6.02. The Labute approximate surface area is 148 Å². The van der Waals surface area contributed by atoms with E-state index in [1.54, 1.807) is 11.3 Å². The van der Waals surface area contributed by atoms with Crippen molar-refractivity contribution in [2.45, 2.75) is 39.2 Å². The van der Waals surface area contributed by atoms with E-state index in [0.717, 1.165) is 17.0 Å². The van der Waals surface area contributed by atoms with Crippen molar-refractivity contribution in [1.29, 1.82) is 0 Å². The SMILES string of the molecule is CCCCCCn1cc(-c2ccccc2)sc1=Nc1ccccc1. The molecule has 1 aromatic heterocycles. The number of para-hydroxylation sites is 1. The van der Waals surface area contributed by atoms with Crippen LogP contribution in [0.4, 0.5) is 5.69 Å². The molecule has 0 spiro atoms. The maximum atomic E-state index is 4.87. The fraction of sp³-hybridized carbons (Fsp3) is 0.286. The highest BCUT2D eigenvalue weighted by Crippen LogP contribution is 2.22. The van der Waals surface area contributed by atoms with Crippen LogP contribution in [0.25, 0.3) is 10.4 Å². The quantitative estimate of drug-likeness (QED) is 0.469. The molecule has 3 aromatic rings. The van der Waals surface area contributed by atoms with Gasteiger partial charge in [-0.3, -0.25) is 0 Å². The fourth-order valence-corrected chi connectivity index (χ4v) is 3.73. The van der Waals surface area contributed by atoms with Crippen molar-refractivity contribution >= 4 is 17.0 Å². The summed E-state index contributed by atoms with van der Waals surface area (Å²) in [7, 11) is 0. The first kappa shape index (κ1) is 16.7. The van der Waals surface area contributed by atoms with E-state index < -0.39 is 0 Å². The molecule has 0 atom stereocenters. The maximum absolute atomic E-state index is 4.87. The molecule has 0 aliphatic heterocycles. The topological polar surface area (TPSA) is 17.3 Å². The monoisotopic (exact) mass is 336 g/mol. The molecule has 0 unspecified atom stereocenters. The van der Waals surface area contributed by atoms with Gasteiger partial charge in [0.05, 0.1) is 10.6 Å².